The van der Waals surface area contributed by atoms with Crippen molar-refractivity contribution in [1.29, 1.82) is 0 Å². The van der Waals surface area contributed by atoms with Crippen LogP contribution in [0, 0.1) is 0 Å². The van der Waals surface area contributed by atoms with Gasteiger partial charge in [0.05, 0.1) is 5.71 Å². The van der Waals surface area contributed by atoms with Crippen LogP contribution >= 0.6 is 0 Å². The maximum Gasteiger partial charge on any atom is 0.254 e. The Kier molecular flexibility index (Phi) is 4.29. The number of oxime groups is 1. The van der Waals surface area contributed by atoms with Crippen LogP contribution < -0.4 is 10.1 Å². The fraction of sp³-hybridized carbons (Fsp3) is 0.333. The first-order valence-electron chi connectivity index (χ1n) is 8.15. The molecule has 4 rings (SSSR count). The van der Waals surface area contributed by atoms with Gasteiger partial charge in [-0.1, -0.05) is 35.5 Å². The Labute approximate surface area is 140 Å². The largest absolute Gasteiger partial charge is 0.471 e. The number of hydrogen-bond acceptors (Lipinski definition) is 6. The summed E-state index contributed by atoms with van der Waals surface area (Å²) < 4.78 is 10.2. The lowest BCUT2D eigenvalue weighted by atomic mass is 9.97. The molecule has 1 N–H and O–H groups in total. The van der Waals surface area contributed by atoms with Crippen molar-refractivity contribution in [1.82, 2.24) is 10.5 Å². The van der Waals surface area contributed by atoms with Crippen LogP contribution in [0.3, 0.4) is 0 Å². The van der Waals surface area contributed by atoms with Crippen LogP contribution in [0.15, 0.2) is 52.3 Å². The minimum Gasteiger partial charge on any atom is -0.471 e. The van der Waals surface area contributed by atoms with Crippen molar-refractivity contribution >= 4 is 11.3 Å². The van der Waals surface area contributed by atoms with E-state index >= 15 is 0 Å². The van der Waals surface area contributed by atoms with Crippen molar-refractivity contribution < 1.29 is 14.1 Å². The summed E-state index contributed by atoms with van der Waals surface area (Å²) in [4.78, 5) is 5.45. The fourth-order valence-electron chi connectivity index (χ4n) is 2.90. The standard InChI is InChI=1S/C18H19N3O3/c1-3-15(4-2-13(1)14-5-8-19-9-6-14)17-11-16(24-20-17)12-22-18-7-10-23-21-18/h1-5,7,10,16,19H,6,8-9,11-12H2. The molecule has 0 fully saturated rings. The molecule has 3 heterocycles. The van der Waals surface area contributed by atoms with Gasteiger partial charge in [-0.3, -0.25) is 0 Å². The van der Waals surface area contributed by atoms with Crippen molar-refractivity contribution in [2.75, 3.05) is 19.7 Å². The van der Waals surface area contributed by atoms with Crippen LogP contribution in [0.1, 0.15) is 24.0 Å². The van der Waals surface area contributed by atoms with Gasteiger partial charge in [-0.15, -0.1) is 0 Å². The predicted octanol–water partition coefficient (Wildman–Crippen LogP) is 2.62. The summed E-state index contributed by atoms with van der Waals surface area (Å²) in [6.07, 6.45) is 5.44. The SMILES string of the molecule is C1=C(c2ccc(C3=NOC(COc4ccon4)C3)cc2)CCNC1. The van der Waals surface area contributed by atoms with E-state index < -0.39 is 0 Å². The third-order valence-electron chi connectivity index (χ3n) is 4.22. The lowest BCUT2D eigenvalue weighted by Gasteiger charge is -2.14. The smallest absolute Gasteiger partial charge is 0.254 e. The van der Waals surface area contributed by atoms with E-state index in [4.69, 9.17) is 14.1 Å². The number of ether oxygens (including phenoxy) is 1. The van der Waals surface area contributed by atoms with Gasteiger partial charge in [-0.25, -0.2) is 0 Å². The second-order valence-corrected chi connectivity index (χ2v) is 5.88. The number of aromatic nitrogens is 1. The zero-order valence-electron chi connectivity index (χ0n) is 13.3. The van der Waals surface area contributed by atoms with Crippen molar-refractivity contribution in [3.8, 4) is 5.88 Å². The van der Waals surface area contributed by atoms with Crippen LogP contribution in [0.5, 0.6) is 5.88 Å². The minimum atomic E-state index is -0.0940. The Bertz CT molecular complexity index is 735. The number of nitrogens with one attached hydrogen (secondary N) is 1. The monoisotopic (exact) mass is 325 g/mol. The molecule has 0 bridgehead atoms. The molecule has 0 radical (unpaired) electrons. The van der Waals surface area contributed by atoms with E-state index in [-0.39, 0.29) is 6.10 Å². The summed E-state index contributed by atoms with van der Waals surface area (Å²) in [6.45, 7) is 2.39. The molecule has 2 aromatic rings. The molecule has 1 aromatic carbocycles. The van der Waals surface area contributed by atoms with Gasteiger partial charge < -0.3 is 19.4 Å². The topological polar surface area (TPSA) is 68.9 Å². The van der Waals surface area contributed by atoms with E-state index in [0.717, 1.165) is 37.2 Å². The summed E-state index contributed by atoms with van der Waals surface area (Å²) in [6, 6.07) is 10.2. The highest BCUT2D eigenvalue weighted by molar-refractivity contribution is 6.01. The van der Waals surface area contributed by atoms with Gasteiger partial charge in [0, 0.05) is 19.0 Å². The Morgan fingerprint density at radius 3 is 2.79 bits per heavy atom. The van der Waals surface area contributed by atoms with Crippen molar-refractivity contribution in [3.05, 3.63) is 53.8 Å². The molecule has 24 heavy (non-hydrogen) atoms. The van der Waals surface area contributed by atoms with Crippen molar-refractivity contribution in [3.63, 3.8) is 0 Å². The van der Waals surface area contributed by atoms with Crippen molar-refractivity contribution in [2.24, 2.45) is 5.16 Å². The molecule has 0 spiro atoms. The van der Waals surface area contributed by atoms with Crippen LogP contribution in [-0.2, 0) is 4.84 Å². The Morgan fingerprint density at radius 1 is 1.17 bits per heavy atom. The maximum atomic E-state index is 5.50. The van der Waals surface area contributed by atoms with Gasteiger partial charge >= 0.3 is 0 Å². The number of rotatable bonds is 5. The molecule has 1 aromatic heterocycles. The van der Waals surface area contributed by atoms with Gasteiger partial charge in [0.15, 0.2) is 6.10 Å². The number of nitrogens with zero attached hydrogens (tertiary/aromatic N) is 2. The molecular weight excluding hydrogens is 306 g/mol. The number of benzene rings is 1. The molecule has 0 saturated heterocycles. The third kappa shape index (κ3) is 3.33. The van der Waals surface area contributed by atoms with E-state index in [0.29, 0.717) is 12.5 Å². The molecular formula is C18H19N3O3. The zero-order valence-corrected chi connectivity index (χ0v) is 13.3. The van der Waals surface area contributed by atoms with E-state index in [2.05, 4.69) is 46.0 Å². The molecule has 2 aliphatic heterocycles. The molecule has 0 amide bonds. The summed E-state index contributed by atoms with van der Waals surface area (Å²) in [5.41, 5.74) is 4.74. The Morgan fingerprint density at radius 2 is 2.04 bits per heavy atom. The summed E-state index contributed by atoms with van der Waals surface area (Å²) >= 11 is 0. The average molecular weight is 325 g/mol. The van der Waals surface area contributed by atoms with Crippen LogP contribution in [0.25, 0.3) is 5.57 Å². The first kappa shape index (κ1) is 15.0. The highest BCUT2D eigenvalue weighted by Crippen LogP contribution is 2.23. The molecule has 1 atom stereocenters. The van der Waals surface area contributed by atoms with Gasteiger partial charge in [-0.05, 0) is 34.8 Å². The Hall–Kier alpha value is -2.60. The molecule has 6 heteroatoms. The second kappa shape index (κ2) is 6.88. The van der Waals surface area contributed by atoms with E-state index in [1.807, 2.05) is 0 Å². The number of hydrogen-bond donors (Lipinski definition) is 1. The van der Waals surface area contributed by atoms with Crippen LogP contribution in [0.4, 0.5) is 0 Å². The lowest BCUT2D eigenvalue weighted by molar-refractivity contribution is 0.0446. The highest BCUT2D eigenvalue weighted by Gasteiger charge is 2.23. The Balaban J connectivity index is 1.35. The summed E-state index contributed by atoms with van der Waals surface area (Å²) in [5, 5.41) is 11.2. The molecule has 0 aliphatic carbocycles. The van der Waals surface area contributed by atoms with Crippen LogP contribution in [0.2, 0.25) is 0 Å². The molecule has 6 nitrogen and oxygen atoms in total. The van der Waals surface area contributed by atoms with Gasteiger partial charge in [0.2, 0.25) is 0 Å². The molecule has 1 unspecified atom stereocenters. The quantitative estimate of drug-likeness (QED) is 0.915. The lowest BCUT2D eigenvalue weighted by Crippen LogP contribution is -2.20. The van der Waals surface area contributed by atoms with E-state index in [1.165, 1.54) is 17.4 Å². The van der Waals surface area contributed by atoms with E-state index in [1.54, 1.807) is 6.07 Å². The second-order valence-electron chi connectivity index (χ2n) is 5.88. The first-order valence-corrected chi connectivity index (χ1v) is 8.15. The van der Waals surface area contributed by atoms with Gasteiger partial charge in [0.1, 0.15) is 12.9 Å². The fourth-order valence-corrected chi connectivity index (χ4v) is 2.90. The van der Waals surface area contributed by atoms with Gasteiger partial charge in [-0.2, -0.15) is 0 Å². The van der Waals surface area contributed by atoms with Crippen molar-refractivity contribution in [2.45, 2.75) is 18.9 Å². The highest BCUT2D eigenvalue weighted by atomic mass is 16.7. The summed E-state index contributed by atoms with van der Waals surface area (Å²) in [5.74, 6) is 0.464. The average Bonchev–Trinajstić information content (AvgIpc) is 3.33. The predicted molar refractivity (Wildman–Crippen MR) is 89.9 cm³/mol. The third-order valence-corrected chi connectivity index (χ3v) is 4.22. The normalized spacial score (nSPS) is 20.2. The molecule has 2 aliphatic rings. The molecule has 0 saturated carbocycles. The van der Waals surface area contributed by atoms with E-state index in [9.17, 15) is 0 Å². The van der Waals surface area contributed by atoms with Crippen LogP contribution in [-0.4, -0.2) is 36.7 Å². The zero-order chi connectivity index (χ0) is 16.2. The summed E-state index contributed by atoms with van der Waals surface area (Å²) in [7, 11) is 0. The minimum absolute atomic E-state index is 0.0940. The first-order chi connectivity index (χ1) is 11.9. The molecule has 124 valence electrons. The maximum absolute atomic E-state index is 5.50. The van der Waals surface area contributed by atoms with Gasteiger partial charge in [0.25, 0.3) is 5.88 Å².